The molecule has 5 rings (SSSR count). The lowest BCUT2D eigenvalue weighted by molar-refractivity contribution is -0.0521. The number of carbonyl (C=O) groups is 1. The van der Waals surface area contributed by atoms with Gasteiger partial charge in [0.2, 0.25) is 0 Å². The van der Waals surface area contributed by atoms with Crippen molar-refractivity contribution in [2.45, 2.75) is 51.4 Å². The first-order valence-electron chi connectivity index (χ1n) is 13.6. The van der Waals surface area contributed by atoms with Gasteiger partial charge in [-0.05, 0) is 79.0 Å². The lowest BCUT2D eigenvalue weighted by atomic mass is 10.0. The fraction of sp³-hybridized carbons (Fsp3) is 0.400. The minimum atomic E-state index is -3.09. The van der Waals surface area contributed by atoms with Crippen molar-refractivity contribution in [3.05, 3.63) is 75.5 Å². The number of rotatable bonds is 15. The third-order valence-corrected chi connectivity index (χ3v) is 7.54. The SMILES string of the molecule is O=C(O[C@@H](Cc1c(Cl)cncc1Cl)c1ccc(OC(F)F)c(OCC2CC2)c1)c1ccc(OC(F)F)c(OCC2CC2)c1. The van der Waals surface area contributed by atoms with E-state index in [-0.39, 0.29) is 51.6 Å². The van der Waals surface area contributed by atoms with Crippen molar-refractivity contribution in [2.24, 2.45) is 11.8 Å². The van der Waals surface area contributed by atoms with Crippen molar-refractivity contribution >= 4 is 29.2 Å². The number of esters is 1. The van der Waals surface area contributed by atoms with Crippen molar-refractivity contribution < 1.29 is 46.0 Å². The van der Waals surface area contributed by atoms with E-state index in [0.29, 0.717) is 29.6 Å². The van der Waals surface area contributed by atoms with Crippen molar-refractivity contribution in [1.29, 1.82) is 0 Å². The molecule has 0 aliphatic heterocycles. The van der Waals surface area contributed by atoms with Gasteiger partial charge in [-0.3, -0.25) is 4.98 Å². The number of halogens is 6. The van der Waals surface area contributed by atoms with Crippen LogP contribution in [-0.2, 0) is 11.2 Å². The van der Waals surface area contributed by atoms with Crippen LogP contribution in [0.3, 0.4) is 0 Å². The van der Waals surface area contributed by atoms with Crippen LogP contribution in [0.5, 0.6) is 23.0 Å². The summed E-state index contributed by atoms with van der Waals surface area (Å²) in [6, 6.07) is 7.99. The molecule has 1 aromatic heterocycles. The largest absolute Gasteiger partial charge is 0.489 e. The molecule has 0 saturated heterocycles. The lowest BCUT2D eigenvalue weighted by Gasteiger charge is -2.22. The summed E-state index contributed by atoms with van der Waals surface area (Å²) in [4.78, 5) is 17.4. The predicted octanol–water partition coefficient (Wildman–Crippen LogP) is 8.31. The monoisotopic (exact) mass is 643 g/mol. The highest BCUT2D eigenvalue weighted by Gasteiger charge is 2.27. The van der Waals surface area contributed by atoms with Crippen molar-refractivity contribution in [3.63, 3.8) is 0 Å². The van der Waals surface area contributed by atoms with Gasteiger partial charge in [-0.15, -0.1) is 0 Å². The number of nitrogens with zero attached hydrogens (tertiary/aromatic N) is 1. The fourth-order valence-corrected chi connectivity index (χ4v) is 4.72. The summed E-state index contributed by atoms with van der Waals surface area (Å²) in [5, 5.41) is 0.446. The van der Waals surface area contributed by atoms with Crippen LogP contribution in [0.4, 0.5) is 17.6 Å². The Bertz CT molecular complexity index is 1420. The average Bonchev–Trinajstić information content (AvgIpc) is 3.88. The fourth-order valence-electron chi connectivity index (χ4n) is 4.20. The molecule has 0 N–H and O–H groups in total. The Balaban J connectivity index is 1.45. The first-order chi connectivity index (χ1) is 20.7. The van der Waals surface area contributed by atoms with E-state index in [1.165, 1.54) is 48.8 Å². The van der Waals surface area contributed by atoms with E-state index >= 15 is 0 Å². The van der Waals surface area contributed by atoms with E-state index in [0.717, 1.165) is 25.7 Å². The van der Waals surface area contributed by atoms with Gasteiger partial charge in [0.05, 0.1) is 28.8 Å². The van der Waals surface area contributed by atoms with Crippen LogP contribution in [0.1, 0.15) is 53.3 Å². The van der Waals surface area contributed by atoms with Crippen LogP contribution in [0.2, 0.25) is 10.0 Å². The average molecular weight is 644 g/mol. The molecule has 0 amide bonds. The molecule has 7 nitrogen and oxygen atoms in total. The number of hydrogen-bond acceptors (Lipinski definition) is 7. The van der Waals surface area contributed by atoms with Crippen LogP contribution in [0.25, 0.3) is 0 Å². The normalized spacial score (nSPS) is 15.3. The second kappa shape index (κ2) is 13.9. The van der Waals surface area contributed by atoms with E-state index in [4.69, 9.17) is 37.4 Å². The standard InChI is InChI=1S/C30H27Cl2F4NO6/c31-21-12-37-13-22(32)20(21)11-25(18-5-7-23(42-29(33)34)26(9-18)39-14-16-1-2-16)41-28(38)19-6-8-24(43-30(35)36)27(10-19)40-15-17-3-4-17/h5-10,12-13,16-17,25,29-30H,1-4,11,14-15H2/t25-/m0/s1. The zero-order valence-corrected chi connectivity index (χ0v) is 24.1. The van der Waals surface area contributed by atoms with E-state index in [2.05, 4.69) is 14.5 Å². The van der Waals surface area contributed by atoms with Crippen molar-refractivity contribution in [1.82, 2.24) is 4.98 Å². The summed E-state index contributed by atoms with van der Waals surface area (Å²) in [6.45, 7) is -5.57. The number of benzene rings is 2. The number of ether oxygens (including phenoxy) is 5. The number of alkyl halides is 4. The molecule has 230 valence electrons. The number of carbonyl (C=O) groups excluding carboxylic acids is 1. The second-order valence-electron chi connectivity index (χ2n) is 10.3. The van der Waals surface area contributed by atoms with E-state index < -0.39 is 25.3 Å². The summed E-state index contributed by atoms with van der Waals surface area (Å²) >= 11 is 12.7. The van der Waals surface area contributed by atoms with E-state index in [9.17, 15) is 22.4 Å². The number of aromatic nitrogens is 1. The predicted molar refractivity (Wildman–Crippen MR) is 149 cm³/mol. The number of pyridine rings is 1. The molecule has 2 aliphatic rings. The van der Waals surface area contributed by atoms with Gasteiger partial charge in [0.15, 0.2) is 23.0 Å². The van der Waals surface area contributed by atoms with Gasteiger partial charge in [0, 0.05) is 18.8 Å². The molecule has 0 unspecified atom stereocenters. The molecule has 0 spiro atoms. The molecular weight excluding hydrogens is 617 g/mol. The minimum Gasteiger partial charge on any atom is -0.489 e. The minimum absolute atomic E-state index is 0.00666. The Morgan fingerprint density at radius 3 is 1.86 bits per heavy atom. The molecule has 0 bridgehead atoms. The zero-order chi connectivity index (χ0) is 30.5. The van der Waals surface area contributed by atoms with Crippen LogP contribution >= 0.6 is 23.2 Å². The summed E-state index contributed by atoms with van der Waals surface area (Å²) in [5.41, 5.74) is 0.818. The molecule has 2 aromatic carbocycles. The summed E-state index contributed by atoms with van der Waals surface area (Å²) < 4.78 is 78.7. The maximum absolute atomic E-state index is 13.4. The summed E-state index contributed by atoms with van der Waals surface area (Å²) in [5.74, 6) is -0.547. The molecule has 2 fully saturated rings. The van der Waals surface area contributed by atoms with Crippen LogP contribution < -0.4 is 18.9 Å². The molecule has 0 radical (unpaired) electrons. The Morgan fingerprint density at radius 1 is 0.791 bits per heavy atom. The topological polar surface area (TPSA) is 76.1 Å². The molecule has 2 saturated carbocycles. The molecule has 1 heterocycles. The molecule has 13 heteroatoms. The van der Waals surface area contributed by atoms with Gasteiger partial charge in [0.25, 0.3) is 0 Å². The van der Waals surface area contributed by atoms with Gasteiger partial charge >= 0.3 is 19.2 Å². The van der Waals surface area contributed by atoms with Crippen LogP contribution in [-0.4, -0.2) is 37.4 Å². The first kappa shape index (κ1) is 31.0. The summed E-state index contributed by atoms with van der Waals surface area (Å²) in [6.07, 6.45) is 5.58. The Kier molecular flexibility index (Phi) is 10.0. The van der Waals surface area contributed by atoms with Gasteiger partial charge in [-0.2, -0.15) is 17.6 Å². The lowest BCUT2D eigenvalue weighted by Crippen LogP contribution is -2.16. The van der Waals surface area contributed by atoms with Gasteiger partial charge in [-0.25, -0.2) is 4.79 Å². The maximum Gasteiger partial charge on any atom is 0.387 e. The van der Waals surface area contributed by atoms with Gasteiger partial charge < -0.3 is 23.7 Å². The highest BCUT2D eigenvalue weighted by Crippen LogP contribution is 2.39. The summed E-state index contributed by atoms with van der Waals surface area (Å²) in [7, 11) is 0. The Labute approximate surface area is 254 Å². The highest BCUT2D eigenvalue weighted by atomic mass is 35.5. The van der Waals surface area contributed by atoms with Crippen LogP contribution in [0, 0.1) is 11.8 Å². The first-order valence-corrected chi connectivity index (χ1v) is 14.3. The molecule has 2 aliphatic carbocycles. The quantitative estimate of drug-likeness (QED) is 0.122. The third-order valence-electron chi connectivity index (χ3n) is 6.89. The van der Waals surface area contributed by atoms with Gasteiger partial charge in [-0.1, -0.05) is 29.3 Å². The Hall–Kier alpha value is -3.44. The van der Waals surface area contributed by atoms with Gasteiger partial charge in [0.1, 0.15) is 6.10 Å². The second-order valence-corrected chi connectivity index (χ2v) is 11.1. The number of hydrogen-bond donors (Lipinski definition) is 0. The smallest absolute Gasteiger partial charge is 0.387 e. The highest BCUT2D eigenvalue weighted by molar-refractivity contribution is 6.35. The molecule has 43 heavy (non-hydrogen) atoms. The third kappa shape index (κ3) is 8.79. The Morgan fingerprint density at radius 2 is 1.33 bits per heavy atom. The molecule has 1 atom stereocenters. The molecule has 3 aromatic rings. The van der Waals surface area contributed by atoms with Crippen molar-refractivity contribution in [3.8, 4) is 23.0 Å². The molecular formula is C30H27Cl2F4NO6. The van der Waals surface area contributed by atoms with Crippen LogP contribution in [0.15, 0.2) is 48.8 Å². The van der Waals surface area contributed by atoms with E-state index in [1.54, 1.807) is 0 Å². The maximum atomic E-state index is 13.4. The van der Waals surface area contributed by atoms with Crippen molar-refractivity contribution in [2.75, 3.05) is 13.2 Å². The van der Waals surface area contributed by atoms with E-state index in [1.807, 2.05) is 0 Å². The zero-order valence-electron chi connectivity index (χ0n) is 22.6.